The van der Waals surface area contributed by atoms with Crippen LogP contribution >= 0.6 is 0 Å². The van der Waals surface area contributed by atoms with E-state index in [1.165, 1.54) is 0 Å². The molecule has 1 saturated heterocycles. The van der Waals surface area contributed by atoms with Crippen LogP contribution in [0.4, 0.5) is 0 Å². The summed E-state index contributed by atoms with van der Waals surface area (Å²) in [6, 6.07) is 0. The molecule has 0 spiro atoms. The summed E-state index contributed by atoms with van der Waals surface area (Å²) < 4.78 is 5.11. The first kappa shape index (κ1) is 4.50. The van der Waals surface area contributed by atoms with Gasteiger partial charge >= 0.3 is 0 Å². The van der Waals surface area contributed by atoms with Gasteiger partial charge in [0, 0.05) is 18.9 Å². The maximum absolute atomic E-state index is 10.6. The molecule has 0 radical (unpaired) electrons. The van der Waals surface area contributed by atoms with Crippen molar-refractivity contribution in [2.24, 2.45) is 5.92 Å². The molecule has 2 nitrogen and oxygen atoms in total. The predicted molar refractivity (Wildman–Crippen MR) is 27.5 cm³/mol. The summed E-state index contributed by atoms with van der Waals surface area (Å²) in [6.07, 6.45) is 1.91. The Bertz CT molecular complexity index is 130. The van der Waals surface area contributed by atoms with E-state index in [4.69, 9.17) is 4.74 Å². The Morgan fingerprint density at radius 2 is 2.50 bits per heavy atom. The molecule has 0 N–H and O–H groups in total. The second-order valence-corrected chi connectivity index (χ2v) is 2.51. The van der Waals surface area contributed by atoms with Gasteiger partial charge in [0.2, 0.25) is 0 Å². The van der Waals surface area contributed by atoms with Crippen molar-refractivity contribution >= 4 is 5.78 Å². The van der Waals surface area contributed by atoms with Crippen LogP contribution in [0.5, 0.6) is 0 Å². The zero-order valence-electron chi connectivity index (χ0n) is 4.59. The van der Waals surface area contributed by atoms with Crippen LogP contribution in [0.2, 0.25) is 0 Å². The Morgan fingerprint density at radius 3 is 3.00 bits per heavy atom. The monoisotopic (exact) mass is 112 g/mol. The molecule has 0 amide bonds. The van der Waals surface area contributed by atoms with Gasteiger partial charge in [0.15, 0.2) is 5.78 Å². The fraction of sp³-hybridized carbons (Fsp3) is 0.833. The number of fused-ring (bicyclic) bond motifs is 1. The summed E-state index contributed by atoms with van der Waals surface area (Å²) in [5.41, 5.74) is 0. The normalized spacial score (nSPS) is 43.8. The van der Waals surface area contributed by atoms with E-state index >= 15 is 0 Å². The zero-order chi connectivity index (χ0) is 5.56. The largest absolute Gasteiger partial charge is 0.370 e. The average molecular weight is 112 g/mol. The number of carbonyl (C=O) groups excluding carboxylic acids is 1. The van der Waals surface area contributed by atoms with E-state index in [0.717, 1.165) is 19.4 Å². The third kappa shape index (κ3) is 0.388. The topological polar surface area (TPSA) is 26.3 Å². The third-order valence-corrected chi connectivity index (χ3v) is 1.99. The SMILES string of the molecule is O=C1C[C@H]2CCO[C@@H]12. The summed E-state index contributed by atoms with van der Waals surface area (Å²) in [5, 5.41) is 0. The van der Waals surface area contributed by atoms with Crippen molar-refractivity contribution in [2.75, 3.05) is 6.61 Å². The van der Waals surface area contributed by atoms with Crippen LogP contribution in [0.25, 0.3) is 0 Å². The summed E-state index contributed by atoms with van der Waals surface area (Å²) >= 11 is 0. The first-order valence-electron chi connectivity index (χ1n) is 3.02. The molecule has 0 aromatic carbocycles. The van der Waals surface area contributed by atoms with Crippen molar-refractivity contribution in [3.05, 3.63) is 0 Å². The quantitative estimate of drug-likeness (QED) is 0.452. The standard InChI is InChI=1S/C6H8O2/c7-5-3-4-1-2-8-6(4)5/h4,6H,1-3H2/t4-,6-/m1/s1. The Kier molecular flexibility index (Phi) is 0.742. The highest BCUT2D eigenvalue weighted by molar-refractivity contribution is 5.90. The highest BCUT2D eigenvalue weighted by Crippen LogP contribution is 2.34. The van der Waals surface area contributed by atoms with Gasteiger partial charge in [0.1, 0.15) is 6.10 Å². The van der Waals surface area contributed by atoms with E-state index in [1.54, 1.807) is 0 Å². The summed E-state index contributed by atoms with van der Waals surface area (Å²) in [6.45, 7) is 0.807. The Hall–Kier alpha value is -0.370. The van der Waals surface area contributed by atoms with Gasteiger partial charge in [0.25, 0.3) is 0 Å². The van der Waals surface area contributed by atoms with Gasteiger partial charge in [-0.3, -0.25) is 4.79 Å². The maximum Gasteiger partial charge on any atom is 0.162 e. The van der Waals surface area contributed by atoms with Gasteiger partial charge in [-0.15, -0.1) is 0 Å². The smallest absolute Gasteiger partial charge is 0.162 e. The fourth-order valence-electron chi connectivity index (χ4n) is 1.41. The molecule has 2 heteroatoms. The number of ether oxygens (including phenoxy) is 1. The third-order valence-electron chi connectivity index (χ3n) is 1.99. The van der Waals surface area contributed by atoms with Crippen LogP contribution in [0, 0.1) is 5.92 Å². The molecule has 2 fully saturated rings. The van der Waals surface area contributed by atoms with E-state index in [-0.39, 0.29) is 6.10 Å². The highest BCUT2D eigenvalue weighted by atomic mass is 16.5. The molecule has 44 valence electrons. The van der Waals surface area contributed by atoms with Crippen molar-refractivity contribution < 1.29 is 9.53 Å². The fourth-order valence-corrected chi connectivity index (χ4v) is 1.41. The lowest BCUT2D eigenvalue weighted by Gasteiger charge is -2.25. The summed E-state index contributed by atoms with van der Waals surface area (Å²) in [4.78, 5) is 10.6. The number of ketones is 1. The second kappa shape index (κ2) is 1.32. The Balaban J connectivity index is 2.11. The van der Waals surface area contributed by atoms with Gasteiger partial charge in [0.05, 0.1) is 0 Å². The highest BCUT2D eigenvalue weighted by Gasteiger charge is 2.43. The minimum absolute atomic E-state index is 0.0231. The minimum Gasteiger partial charge on any atom is -0.370 e. The Morgan fingerprint density at radius 1 is 1.62 bits per heavy atom. The van der Waals surface area contributed by atoms with Gasteiger partial charge < -0.3 is 4.74 Å². The molecular weight excluding hydrogens is 104 g/mol. The van der Waals surface area contributed by atoms with E-state index in [9.17, 15) is 4.79 Å². The predicted octanol–water partition coefficient (Wildman–Crippen LogP) is 0.364. The Labute approximate surface area is 47.8 Å². The van der Waals surface area contributed by atoms with Crippen molar-refractivity contribution in [1.82, 2.24) is 0 Å². The molecule has 1 saturated carbocycles. The molecule has 0 bridgehead atoms. The zero-order valence-corrected chi connectivity index (χ0v) is 4.59. The molecule has 0 aromatic heterocycles. The second-order valence-electron chi connectivity index (χ2n) is 2.51. The number of hydrogen-bond donors (Lipinski definition) is 0. The van der Waals surface area contributed by atoms with Crippen LogP contribution in [-0.2, 0) is 9.53 Å². The van der Waals surface area contributed by atoms with Crippen molar-refractivity contribution in [3.63, 3.8) is 0 Å². The van der Waals surface area contributed by atoms with Gasteiger partial charge in [-0.2, -0.15) is 0 Å². The molecular formula is C6H8O2. The molecule has 1 aliphatic heterocycles. The van der Waals surface area contributed by atoms with Gasteiger partial charge in [-0.1, -0.05) is 0 Å². The first-order chi connectivity index (χ1) is 3.88. The lowest BCUT2D eigenvalue weighted by Crippen LogP contribution is -2.39. The summed E-state index contributed by atoms with van der Waals surface area (Å²) in [7, 11) is 0. The molecule has 1 aliphatic carbocycles. The number of hydrogen-bond acceptors (Lipinski definition) is 2. The van der Waals surface area contributed by atoms with Crippen LogP contribution in [0.15, 0.2) is 0 Å². The van der Waals surface area contributed by atoms with Crippen LogP contribution in [0.1, 0.15) is 12.8 Å². The van der Waals surface area contributed by atoms with Crippen LogP contribution < -0.4 is 0 Å². The van der Waals surface area contributed by atoms with Gasteiger partial charge in [-0.25, -0.2) is 0 Å². The number of carbonyl (C=O) groups is 1. The maximum atomic E-state index is 10.6. The van der Waals surface area contributed by atoms with E-state index in [2.05, 4.69) is 0 Å². The van der Waals surface area contributed by atoms with Crippen LogP contribution in [0.3, 0.4) is 0 Å². The average Bonchev–Trinajstić information content (AvgIpc) is 2.09. The molecule has 0 unspecified atom stereocenters. The van der Waals surface area contributed by atoms with Crippen molar-refractivity contribution in [1.29, 1.82) is 0 Å². The summed E-state index contributed by atoms with van der Waals surface area (Å²) in [5.74, 6) is 0.912. The lowest BCUT2D eigenvalue weighted by molar-refractivity contribution is -0.139. The van der Waals surface area contributed by atoms with Crippen molar-refractivity contribution in [2.45, 2.75) is 18.9 Å². The number of Topliss-reactive ketones (excluding diaryl/α,β-unsaturated/α-hetero) is 1. The molecule has 2 atom stereocenters. The van der Waals surface area contributed by atoms with Crippen molar-refractivity contribution in [3.8, 4) is 0 Å². The minimum atomic E-state index is 0.0231. The number of rotatable bonds is 0. The van der Waals surface area contributed by atoms with Gasteiger partial charge in [-0.05, 0) is 6.42 Å². The first-order valence-corrected chi connectivity index (χ1v) is 3.02. The van der Waals surface area contributed by atoms with E-state index in [1.807, 2.05) is 0 Å². The lowest BCUT2D eigenvalue weighted by atomic mass is 9.81. The molecule has 1 heterocycles. The molecule has 2 rings (SSSR count). The molecule has 2 aliphatic rings. The van der Waals surface area contributed by atoms with E-state index in [0.29, 0.717) is 11.7 Å². The van der Waals surface area contributed by atoms with Crippen LogP contribution in [-0.4, -0.2) is 18.5 Å². The van der Waals surface area contributed by atoms with E-state index < -0.39 is 0 Å². The molecule has 0 aromatic rings. The molecule has 8 heavy (non-hydrogen) atoms.